The van der Waals surface area contributed by atoms with E-state index in [1.165, 1.54) is 18.2 Å². The molecule has 5 nitrogen and oxygen atoms in total. The fraction of sp³-hybridized carbons (Fsp3) is 0.208. The number of carbonyl (C=O) groups excluding carboxylic acids is 1. The van der Waals surface area contributed by atoms with Crippen LogP contribution in [0.5, 0.6) is 5.75 Å². The van der Waals surface area contributed by atoms with Crippen LogP contribution in [0.4, 0.5) is 29.3 Å². The van der Waals surface area contributed by atoms with E-state index >= 15 is 0 Å². The molecule has 0 aliphatic carbocycles. The van der Waals surface area contributed by atoms with E-state index in [1.54, 1.807) is 64.4 Å². The standard InChI is InChI=1S/C24H17Cl2F3N2O3/c25-16-4-8-18(9-5-16)30-21(15-2-1-3-20(12-15)34-24(27,28)29)23(13-33-14-23)31(22(30)32)19-10-6-17(26)7-11-19/h1-12,21H,13-14H2/t21-/m0/s1. The van der Waals surface area contributed by atoms with Gasteiger partial charge in [0.2, 0.25) is 0 Å². The Morgan fingerprint density at radius 3 is 2.03 bits per heavy atom. The van der Waals surface area contributed by atoms with E-state index in [9.17, 15) is 18.0 Å². The highest BCUT2D eigenvalue weighted by Crippen LogP contribution is 2.51. The molecule has 0 saturated carbocycles. The molecule has 2 aliphatic rings. The van der Waals surface area contributed by atoms with E-state index in [4.69, 9.17) is 27.9 Å². The van der Waals surface area contributed by atoms with Crippen LogP contribution in [-0.4, -0.2) is 31.1 Å². The molecule has 2 amide bonds. The first-order valence-electron chi connectivity index (χ1n) is 10.3. The number of urea groups is 1. The Labute approximate surface area is 203 Å². The number of carbonyl (C=O) groups is 1. The van der Waals surface area contributed by atoms with Crippen LogP contribution in [0, 0.1) is 0 Å². The summed E-state index contributed by atoms with van der Waals surface area (Å²) in [5.41, 5.74) is 0.762. The fourth-order valence-electron chi connectivity index (χ4n) is 4.53. The zero-order valence-electron chi connectivity index (χ0n) is 17.4. The van der Waals surface area contributed by atoms with Crippen LogP contribution in [0.1, 0.15) is 11.6 Å². The number of hydrogen-bond acceptors (Lipinski definition) is 3. The van der Waals surface area contributed by atoms with Gasteiger partial charge in [-0.15, -0.1) is 13.2 Å². The molecule has 34 heavy (non-hydrogen) atoms. The Kier molecular flexibility index (Phi) is 5.62. The van der Waals surface area contributed by atoms with Crippen LogP contribution >= 0.6 is 23.2 Å². The third-order valence-corrected chi connectivity index (χ3v) is 6.41. The fourth-order valence-corrected chi connectivity index (χ4v) is 4.78. The third kappa shape index (κ3) is 3.96. The van der Waals surface area contributed by atoms with E-state index in [0.717, 1.165) is 0 Å². The van der Waals surface area contributed by atoms with E-state index in [-0.39, 0.29) is 25.0 Å². The second kappa shape index (κ2) is 8.37. The van der Waals surface area contributed by atoms with E-state index < -0.39 is 17.9 Å². The lowest BCUT2D eigenvalue weighted by molar-refractivity contribution is -0.274. The normalized spacial score (nSPS) is 19.4. The van der Waals surface area contributed by atoms with Crippen molar-refractivity contribution in [3.63, 3.8) is 0 Å². The number of benzene rings is 3. The molecule has 2 fully saturated rings. The minimum absolute atomic E-state index is 0.195. The first kappa shape index (κ1) is 22.8. The number of alkyl halides is 3. The lowest BCUT2D eigenvalue weighted by atomic mass is 9.82. The molecule has 0 radical (unpaired) electrons. The summed E-state index contributed by atoms with van der Waals surface area (Å²) in [6.07, 6.45) is -4.84. The van der Waals surface area contributed by atoms with Crippen molar-refractivity contribution in [1.82, 2.24) is 0 Å². The summed E-state index contributed by atoms with van der Waals surface area (Å²) in [5, 5.41) is 1.00. The molecule has 176 valence electrons. The molecular formula is C24H17Cl2F3N2O3. The molecule has 0 N–H and O–H groups in total. The van der Waals surface area contributed by atoms with Gasteiger partial charge in [0.25, 0.3) is 0 Å². The number of nitrogens with zero attached hydrogens (tertiary/aromatic N) is 2. The van der Waals surface area contributed by atoms with Gasteiger partial charge in [0.1, 0.15) is 11.3 Å². The Morgan fingerprint density at radius 2 is 1.50 bits per heavy atom. The summed E-state index contributed by atoms with van der Waals surface area (Å²) in [4.78, 5) is 17.1. The SMILES string of the molecule is O=C1N(c2ccc(Cl)cc2)[C@@H](c2cccc(OC(F)(F)F)c2)C2(COC2)N1c1ccc(Cl)cc1. The van der Waals surface area contributed by atoms with Crippen LogP contribution in [0.15, 0.2) is 72.8 Å². The second-order valence-corrected chi connectivity index (χ2v) is 8.93. The van der Waals surface area contributed by atoms with Crippen LogP contribution < -0.4 is 14.5 Å². The van der Waals surface area contributed by atoms with Gasteiger partial charge in [-0.05, 0) is 66.2 Å². The van der Waals surface area contributed by atoms with Crippen molar-refractivity contribution in [2.24, 2.45) is 0 Å². The topological polar surface area (TPSA) is 42.0 Å². The van der Waals surface area contributed by atoms with E-state index in [2.05, 4.69) is 4.74 Å². The van der Waals surface area contributed by atoms with E-state index in [0.29, 0.717) is 27.0 Å². The van der Waals surface area contributed by atoms with Crippen LogP contribution in [0.2, 0.25) is 10.0 Å². The number of anilines is 2. The smallest absolute Gasteiger partial charge is 0.406 e. The summed E-state index contributed by atoms with van der Waals surface area (Å²) in [7, 11) is 0. The van der Waals surface area contributed by atoms with Crippen molar-refractivity contribution < 1.29 is 27.4 Å². The van der Waals surface area contributed by atoms with Crippen LogP contribution in [0.25, 0.3) is 0 Å². The first-order chi connectivity index (χ1) is 16.2. The summed E-state index contributed by atoms with van der Waals surface area (Å²) in [6.45, 7) is 0.390. The molecule has 0 unspecified atom stereocenters. The minimum Gasteiger partial charge on any atom is -0.406 e. The maximum Gasteiger partial charge on any atom is 0.573 e. The quantitative estimate of drug-likeness (QED) is 0.387. The van der Waals surface area contributed by atoms with Crippen LogP contribution in [0.3, 0.4) is 0 Å². The molecule has 2 saturated heterocycles. The summed E-state index contributed by atoms with van der Waals surface area (Å²) >= 11 is 12.1. The monoisotopic (exact) mass is 508 g/mol. The number of halogens is 5. The second-order valence-electron chi connectivity index (χ2n) is 8.06. The zero-order chi connectivity index (χ0) is 24.1. The van der Waals surface area contributed by atoms with Crippen LogP contribution in [-0.2, 0) is 4.74 Å². The number of rotatable bonds is 4. The van der Waals surface area contributed by atoms with Crippen molar-refractivity contribution >= 4 is 40.6 Å². The average Bonchev–Trinajstić information content (AvgIpc) is 3.03. The van der Waals surface area contributed by atoms with Gasteiger partial charge in [-0.2, -0.15) is 0 Å². The molecule has 5 rings (SSSR count). The van der Waals surface area contributed by atoms with Crippen molar-refractivity contribution in [2.75, 3.05) is 23.0 Å². The Balaban J connectivity index is 1.66. The minimum atomic E-state index is -4.84. The summed E-state index contributed by atoms with van der Waals surface area (Å²) in [6, 6.07) is 18.2. The van der Waals surface area contributed by atoms with Gasteiger partial charge in [0.15, 0.2) is 0 Å². The predicted molar refractivity (Wildman–Crippen MR) is 123 cm³/mol. The zero-order valence-corrected chi connectivity index (χ0v) is 18.9. The number of ether oxygens (including phenoxy) is 2. The van der Waals surface area contributed by atoms with Gasteiger partial charge >= 0.3 is 12.4 Å². The maximum atomic E-state index is 13.9. The van der Waals surface area contributed by atoms with Gasteiger partial charge in [-0.3, -0.25) is 9.80 Å². The molecule has 10 heteroatoms. The van der Waals surface area contributed by atoms with Crippen molar-refractivity contribution in [3.05, 3.63) is 88.4 Å². The Bertz CT molecular complexity index is 1220. The van der Waals surface area contributed by atoms with Crippen molar-refractivity contribution in [3.8, 4) is 5.75 Å². The molecule has 2 aliphatic heterocycles. The summed E-state index contributed by atoms with van der Waals surface area (Å²) in [5.74, 6) is -0.367. The Hall–Kier alpha value is -2.94. The highest BCUT2D eigenvalue weighted by atomic mass is 35.5. The highest BCUT2D eigenvalue weighted by Gasteiger charge is 2.63. The molecule has 1 atom stereocenters. The first-order valence-corrected chi connectivity index (χ1v) is 11.0. The van der Waals surface area contributed by atoms with Crippen molar-refractivity contribution in [1.29, 1.82) is 0 Å². The average molecular weight is 509 g/mol. The molecular weight excluding hydrogens is 492 g/mol. The van der Waals surface area contributed by atoms with Gasteiger partial charge < -0.3 is 9.47 Å². The van der Waals surface area contributed by atoms with Gasteiger partial charge in [-0.25, -0.2) is 4.79 Å². The molecule has 1 spiro atoms. The lowest BCUT2D eigenvalue weighted by Crippen LogP contribution is -2.62. The van der Waals surface area contributed by atoms with Gasteiger partial charge in [0.05, 0.1) is 19.3 Å². The van der Waals surface area contributed by atoms with Crippen molar-refractivity contribution in [2.45, 2.75) is 17.9 Å². The third-order valence-electron chi connectivity index (χ3n) is 5.91. The van der Waals surface area contributed by atoms with Gasteiger partial charge in [0, 0.05) is 21.4 Å². The number of amides is 2. The highest BCUT2D eigenvalue weighted by molar-refractivity contribution is 6.31. The van der Waals surface area contributed by atoms with Gasteiger partial charge in [-0.1, -0.05) is 35.3 Å². The lowest BCUT2D eigenvalue weighted by Gasteiger charge is -2.47. The predicted octanol–water partition coefficient (Wildman–Crippen LogP) is 6.85. The Morgan fingerprint density at radius 1 is 0.912 bits per heavy atom. The maximum absolute atomic E-state index is 13.9. The molecule has 0 bridgehead atoms. The molecule has 3 aromatic rings. The molecule has 3 aromatic carbocycles. The summed E-state index contributed by atoms with van der Waals surface area (Å²) < 4.78 is 48.4. The largest absolute Gasteiger partial charge is 0.573 e. The van der Waals surface area contributed by atoms with E-state index in [1.807, 2.05) is 0 Å². The molecule has 2 heterocycles. The molecule has 0 aromatic heterocycles. The number of hydrogen-bond donors (Lipinski definition) is 0.